The first kappa shape index (κ1) is 23.8. The van der Waals surface area contributed by atoms with Crippen molar-refractivity contribution in [2.75, 3.05) is 45.7 Å². The second kappa shape index (κ2) is 10.6. The highest BCUT2D eigenvalue weighted by molar-refractivity contribution is 6.01. The number of halogens is 1. The molecule has 1 unspecified atom stereocenters. The quantitative estimate of drug-likeness (QED) is 0.572. The van der Waals surface area contributed by atoms with Gasteiger partial charge in [0.25, 0.3) is 11.8 Å². The van der Waals surface area contributed by atoms with Gasteiger partial charge in [-0.05, 0) is 36.4 Å². The topological polar surface area (TPSA) is 126 Å². The van der Waals surface area contributed by atoms with Gasteiger partial charge < -0.3 is 30.7 Å². The van der Waals surface area contributed by atoms with E-state index in [1.807, 2.05) is 0 Å². The number of nitrogens with one attached hydrogen (secondary N) is 2. The summed E-state index contributed by atoms with van der Waals surface area (Å²) in [6.07, 6.45) is -1.22. The third kappa shape index (κ3) is 5.32. The summed E-state index contributed by atoms with van der Waals surface area (Å²) in [5.41, 5.74) is 5.97. The third-order valence-electron chi connectivity index (χ3n) is 5.08. The molecule has 3 rings (SSSR count). The van der Waals surface area contributed by atoms with Crippen LogP contribution >= 0.6 is 0 Å². The molecule has 0 radical (unpaired) electrons. The molecule has 11 heteroatoms. The Labute approximate surface area is 190 Å². The van der Waals surface area contributed by atoms with Crippen LogP contribution in [0.4, 0.5) is 14.9 Å². The Morgan fingerprint density at radius 3 is 2.45 bits per heavy atom. The number of anilines is 1. The number of hydrogen-bond acceptors (Lipinski definition) is 6. The van der Waals surface area contributed by atoms with Crippen molar-refractivity contribution < 1.29 is 28.2 Å². The fourth-order valence-corrected chi connectivity index (χ4v) is 3.52. The first-order chi connectivity index (χ1) is 15.9. The van der Waals surface area contributed by atoms with Crippen LogP contribution in [-0.2, 0) is 4.79 Å². The lowest BCUT2D eigenvalue weighted by Crippen LogP contribution is -2.55. The van der Waals surface area contributed by atoms with Crippen LogP contribution in [0.5, 0.6) is 11.5 Å². The number of hydrogen-bond donors (Lipinski definition) is 3. The molecule has 4 amide bonds. The van der Waals surface area contributed by atoms with Gasteiger partial charge in [-0.1, -0.05) is 6.07 Å². The molecule has 0 bridgehead atoms. The van der Waals surface area contributed by atoms with Gasteiger partial charge in [0.1, 0.15) is 5.82 Å². The van der Waals surface area contributed by atoms with Crippen molar-refractivity contribution in [1.82, 2.24) is 15.1 Å². The van der Waals surface area contributed by atoms with Crippen LogP contribution in [0.3, 0.4) is 0 Å². The van der Waals surface area contributed by atoms with Gasteiger partial charge in [0.15, 0.2) is 17.7 Å². The number of carbonyl (C=O) groups is 3. The molecule has 1 heterocycles. The molecular formula is C22H26FN5O5. The smallest absolute Gasteiger partial charge is 0.323 e. The predicted molar refractivity (Wildman–Crippen MR) is 119 cm³/mol. The lowest BCUT2D eigenvalue weighted by Gasteiger charge is -2.29. The van der Waals surface area contributed by atoms with Crippen molar-refractivity contribution in [2.24, 2.45) is 5.73 Å². The monoisotopic (exact) mass is 459 g/mol. The van der Waals surface area contributed by atoms with Crippen LogP contribution in [0.1, 0.15) is 10.4 Å². The number of rotatable bonds is 7. The summed E-state index contributed by atoms with van der Waals surface area (Å²) in [5.74, 6) is -0.737. The van der Waals surface area contributed by atoms with Crippen LogP contribution in [0, 0.1) is 5.82 Å². The van der Waals surface area contributed by atoms with Crippen molar-refractivity contribution in [3.63, 3.8) is 0 Å². The first-order valence-corrected chi connectivity index (χ1v) is 10.2. The number of ether oxygens (including phenoxy) is 2. The third-order valence-corrected chi connectivity index (χ3v) is 5.08. The van der Waals surface area contributed by atoms with E-state index >= 15 is 0 Å². The van der Waals surface area contributed by atoms with E-state index in [0.717, 1.165) is 6.07 Å². The number of amides is 4. The molecule has 33 heavy (non-hydrogen) atoms. The number of carbonyl (C=O) groups excluding carboxylic acids is 3. The maximum absolute atomic E-state index is 13.5. The Kier molecular flexibility index (Phi) is 7.67. The van der Waals surface area contributed by atoms with Crippen LogP contribution in [0.15, 0.2) is 42.5 Å². The van der Waals surface area contributed by atoms with Gasteiger partial charge in [0.2, 0.25) is 0 Å². The van der Waals surface area contributed by atoms with Crippen molar-refractivity contribution >= 4 is 23.5 Å². The Morgan fingerprint density at radius 2 is 1.79 bits per heavy atom. The minimum absolute atomic E-state index is 0.0981. The van der Waals surface area contributed by atoms with Gasteiger partial charge in [-0.3, -0.25) is 14.5 Å². The Balaban J connectivity index is 1.87. The molecule has 0 aliphatic carbocycles. The van der Waals surface area contributed by atoms with E-state index in [1.165, 1.54) is 48.3 Å². The molecule has 4 N–H and O–H groups in total. The zero-order chi connectivity index (χ0) is 24.0. The molecule has 0 saturated carbocycles. The zero-order valence-electron chi connectivity index (χ0n) is 18.3. The molecular weight excluding hydrogens is 433 g/mol. The first-order valence-electron chi connectivity index (χ1n) is 10.2. The van der Waals surface area contributed by atoms with Gasteiger partial charge in [0.05, 0.1) is 14.2 Å². The minimum Gasteiger partial charge on any atom is -0.493 e. The summed E-state index contributed by atoms with van der Waals surface area (Å²) in [6, 6.07) is 9.37. The van der Waals surface area contributed by atoms with Crippen molar-refractivity contribution in [1.29, 1.82) is 0 Å². The molecule has 2 aromatic rings. The second-order valence-electron chi connectivity index (χ2n) is 7.16. The maximum atomic E-state index is 13.5. The van der Waals surface area contributed by atoms with Crippen LogP contribution in [0.25, 0.3) is 0 Å². The molecule has 1 saturated heterocycles. The van der Waals surface area contributed by atoms with Gasteiger partial charge in [-0.25, -0.2) is 9.18 Å². The molecule has 176 valence electrons. The van der Waals surface area contributed by atoms with E-state index in [-0.39, 0.29) is 37.4 Å². The molecule has 1 fully saturated rings. The molecule has 10 nitrogen and oxygen atoms in total. The molecule has 1 atom stereocenters. The van der Waals surface area contributed by atoms with Gasteiger partial charge in [-0.2, -0.15) is 0 Å². The fourth-order valence-electron chi connectivity index (χ4n) is 3.52. The van der Waals surface area contributed by atoms with Gasteiger partial charge in [0, 0.05) is 37.4 Å². The largest absolute Gasteiger partial charge is 0.493 e. The van der Waals surface area contributed by atoms with Crippen LogP contribution in [0.2, 0.25) is 0 Å². The van der Waals surface area contributed by atoms with Crippen LogP contribution < -0.4 is 25.8 Å². The predicted octanol–water partition coefficient (Wildman–Crippen LogP) is 1.23. The summed E-state index contributed by atoms with van der Waals surface area (Å²) >= 11 is 0. The van der Waals surface area contributed by atoms with E-state index in [1.54, 1.807) is 12.1 Å². The average molecular weight is 459 g/mol. The summed E-state index contributed by atoms with van der Waals surface area (Å²) in [6.45, 7) is 0.579. The SMILES string of the molecule is COc1ccc(C(=O)N2CCN(C(=O)Nc3cccc(F)c3)C2C(=O)NCCN)cc1OC. The van der Waals surface area contributed by atoms with Crippen molar-refractivity contribution in [3.8, 4) is 11.5 Å². The minimum atomic E-state index is -1.22. The molecule has 1 aliphatic rings. The number of benzene rings is 2. The zero-order valence-corrected chi connectivity index (χ0v) is 18.3. The van der Waals surface area contributed by atoms with Crippen molar-refractivity contribution in [2.45, 2.75) is 6.17 Å². The van der Waals surface area contributed by atoms with E-state index < -0.39 is 29.8 Å². The molecule has 0 spiro atoms. The van der Waals surface area contributed by atoms with Gasteiger partial charge in [-0.15, -0.1) is 0 Å². The normalized spacial score (nSPS) is 15.2. The lowest BCUT2D eigenvalue weighted by atomic mass is 10.1. The fraction of sp³-hybridized carbons (Fsp3) is 0.318. The number of urea groups is 1. The number of nitrogens with two attached hydrogens (primary N) is 1. The standard InChI is InChI=1S/C22H26FN5O5/c1-32-17-7-6-14(12-18(17)33-2)21(30)27-10-11-28(20(27)19(29)25-9-8-24)22(31)26-16-5-3-4-15(23)13-16/h3-7,12-13,20H,8-11,24H2,1-2H3,(H,25,29)(H,26,31). The number of methoxy groups -OCH3 is 2. The Hall–Kier alpha value is -3.86. The Bertz CT molecular complexity index is 1030. The summed E-state index contributed by atoms with van der Waals surface area (Å²) < 4.78 is 24.0. The molecule has 1 aliphatic heterocycles. The number of nitrogens with zero attached hydrogens (tertiary/aromatic N) is 2. The van der Waals surface area contributed by atoms with E-state index in [4.69, 9.17) is 15.2 Å². The van der Waals surface area contributed by atoms with E-state index in [0.29, 0.717) is 11.5 Å². The maximum Gasteiger partial charge on any atom is 0.323 e. The molecule has 2 aromatic carbocycles. The highest BCUT2D eigenvalue weighted by Crippen LogP contribution is 2.29. The van der Waals surface area contributed by atoms with Gasteiger partial charge >= 0.3 is 6.03 Å². The Morgan fingerprint density at radius 1 is 1.06 bits per heavy atom. The lowest BCUT2D eigenvalue weighted by molar-refractivity contribution is -0.127. The average Bonchev–Trinajstić information content (AvgIpc) is 3.27. The summed E-state index contributed by atoms with van der Waals surface area (Å²) in [7, 11) is 2.93. The van der Waals surface area contributed by atoms with Crippen molar-refractivity contribution in [3.05, 3.63) is 53.8 Å². The summed E-state index contributed by atoms with van der Waals surface area (Å²) in [4.78, 5) is 41.6. The molecule has 0 aromatic heterocycles. The van der Waals surface area contributed by atoms with Crippen LogP contribution in [-0.4, -0.2) is 74.2 Å². The van der Waals surface area contributed by atoms with E-state index in [9.17, 15) is 18.8 Å². The highest BCUT2D eigenvalue weighted by atomic mass is 19.1. The highest BCUT2D eigenvalue weighted by Gasteiger charge is 2.43. The second-order valence-corrected chi connectivity index (χ2v) is 7.16. The van der Waals surface area contributed by atoms with E-state index in [2.05, 4.69) is 10.6 Å². The summed E-state index contributed by atoms with van der Waals surface area (Å²) in [5, 5.41) is 5.19.